The van der Waals surface area contributed by atoms with Crippen molar-refractivity contribution < 1.29 is 9.53 Å². The summed E-state index contributed by atoms with van der Waals surface area (Å²) in [5.74, 6) is 2.55. The van der Waals surface area contributed by atoms with Crippen LogP contribution >= 0.6 is 11.8 Å². The number of hydrogen-bond donors (Lipinski definition) is 2. The first-order valence-corrected chi connectivity index (χ1v) is 6.57. The van der Waals surface area contributed by atoms with Gasteiger partial charge in [-0.05, 0) is 18.8 Å². The minimum absolute atomic E-state index is 0.00638. The van der Waals surface area contributed by atoms with Crippen LogP contribution in [-0.2, 0) is 9.53 Å². The van der Waals surface area contributed by atoms with Crippen molar-refractivity contribution >= 4 is 17.7 Å². The normalized spacial score (nSPS) is 27.7. The van der Waals surface area contributed by atoms with Gasteiger partial charge in [0, 0.05) is 18.7 Å². The van der Waals surface area contributed by atoms with Gasteiger partial charge in [-0.2, -0.15) is 0 Å². The van der Waals surface area contributed by atoms with Gasteiger partial charge in [0.1, 0.15) is 0 Å². The number of carbonyl (C=O) groups excluding carboxylic acids is 1. The summed E-state index contributed by atoms with van der Waals surface area (Å²) in [5.41, 5.74) is 0. The predicted octanol–water partition coefficient (Wildman–Crippen LogP) is 0.190. The smallest absolute Gasteiger partial charge is 0.238 e. The highest BCUT2D eigenvalue weighted by Gasteiger charge is 2.34. The summed E-state index contributed by atoms with van der Waals surface area (Å²) in [6, 6.07) is 0.211. The first kappa shape index (κ1) is 11.2. The molecule has 15 heavy (non-hydrogen) atoms. The van der Waals surface area contributed by atoms with Gasteiger partial charge in [0.25, 0.3) is 0 Å². The van der Waals surface area contributed by atoms with E-state index in [9.17, 15) is 4.79 Å². The summed E-state index contributed by atoms with van der Waals surface area (Å²) in [6.07, 6.45) is 2.45. The molecule has 1 aliphatic heterocycles. The summed E-state index contributed by atoms with van der Waals surface area (Å²) < 4.78 is 5.13. The zero-order valence-corrected chi connectivity index (χ0v) is 9.81. The Bertz CT molecular complexity index is 227. The molecule has 4 nitrogen and oxygen atoms in total. The zero-order valence-electron chi connectivity index (χ0n) is 8.99. The molecule has 1 aliphatic carbocycles. The monoisotopic (exact) mass is 230 g/mol. The third kappa shape index (κ3) is 3.09. The van der Waals surface area contributed by atoms with Crippen molar-refractivity contribution in [2.45, 2.75) is 24.9 Å². The van der Waals surface area contributed by atoms with Crippen LogP contribution in [0.15, 0.2) is 0 Å². The van der Waals surface area contributed by atoms with E-state index in [0.717, 1.165) is 11.6 Å². The second-order valence-corrected chi connectivity index (χ2v) is 5.21. The highest BCUT2D eigenvalue weighted by Crippen LogP contribution is 2.32. The van der Waals surface area contributed by atoms with Gasteiger partial charge < -0.3 is 10.1 Å². The molecule has 1 amide bonds. The number of ether oxygens (including phenoxy) is 1. The number of hydrogen-bond acceptors (Lipinski definition) is 4. The molecule has 2 N–H and O–H groups in total. The van der Waals surface area contributed by atoms with Crippen LogP contribution in [0.3, 0.4) is 0 Å². The number of methoxy groups -OCH3 is 1. The minimum Gasteiger partial charge on any atom is -0.383 e. The Morgan fingerprint density at radius 2 is 2.47 bits per heavy atom. The molecule has 0 aromatic rings. The minimum atomic E-state index is -0.00638. The molecule has 5 heteroatoms. The lowest BCUT2D eigenvalue weighted by molar-refractivity contribution is -0.123. The predicted molar refractivity (Wildman–Crippen MR) is 60.8 cm³/mol. The maximum atomic E-state index is 11.8. The molecule has 2 rings (SSSR count). The number of thioether (sulfide) groups is 1. The van der Waals surface area contributed by atoms with Gasteiger partial charge in [-0.25, -0.2) is 0 Å². The van der Waals surface area contributed by atoms with Crippen molar-refractivity contribution in [1.82, 2.24) is 10.6 Å². The van der Waals surface area contributed by atoms with Crippen LogP contribution in [-0.4, -0.2) is 43.3 Å². The Balaban J connectivity index is 1.79. The fraction of sp³-hybridized carbons (Fsp3) is 0.900. The summed E-state index contributed by atoms with van der Waals surface area (Å²) in [7, 11) is 1.69. The van der Waals surface area contributed by atoms with Crippen molar-refractivity contribution in [2.24, 2.45) is 5.92 Å². The van der Waals surface area contributed by atoms with E-state index in [4.69, 9.17) is 4.74 Å². The SMILES string of the molecule is COCC(NC(=O)[C@H]1CSCN1)C1CC1. The van der Waals surface area contributed by atoms with E-state index in [1.807, 2.05) is 0 Å². The summed E-state index contributed by atoms with van der Waals surface area (Å²) >= 11 is 1.77. The van der Waals surface area contributed by atoms with E-state index in [1.54, 1.807) is 18.9 Å². The Kier molecular flexibility index (Phi) is 3.88. The molecule has 0 spiro atoms. The highest BCUT2D eigenvalue weighted by atomic mass is 32.2. The third-order valence-corrected chi connectivity index (χ3v) is 3.84. The Morgan fingerprint density at radius 1 is 1.67 bits per heavy atom. The van der Waals surface area contributed by atoms with Gasteiger partial charge >= 0.3 is 0 Å². The quantitative estimate of drug-likeness (QED) is 0.708. The van der Waals surface area contributed by atoms with Gasteiger partial charge in [-0.1, -0.05) is 0 Å². The van der Waals surface area contributed by atoms with Crippen molar-refractivity contribution in [2.75, 3.05) is 25.3 Å². The number of amides is 1. The van der Waals surface area contributed by atoms with Gasteiger partial charge in [0.15, 0.2) is 0 Å². The summed E-state index contributed by atoms with van der Waals surface area (Å²) in [5, 5.41) is 6.26. The topological polar surface area (TPSA) is 50.4 Å². The Hall–Kier alpha value is -0.260. The van der Waals surface area contributed by atoms with Crippen molar-refractivity contribution in [3.8, 4) is 0 Å². The van der Waals surface area contributed by atoms with Crippen LogP contribution in [0.1, 0.15) is 12.8 Å². The largest absolute Gasteiger partial charge is 0.383 e. The lowest BCUT2D eigenvalue weighted by Gasteiger charge is -2.19. The molecule has 1 unspecified atom stereocenters. The second kappa shape index (κ2) is 5.18. The van der Waals surface area contributed by atoms with E-state index in [0.29, 0.717) is 12.5 Å². The van der Waals surface area contributed by atoms with Crippen LogP contribution in [0.4, 0.5) is 0 Å². The molecule has 2 fully saturated rings. The molecule has 2 atom stereocenters. The van der Waals surface area contributed by atoms with Crippen LogP contribution < -0.4 is 10.6 Å². The van der Waals surface area contributed by atoms with Crippen LogP contribution in [0.2, 0.25) is 0 Å². The van der Waals surface area contributed by atoms with Crippen molar-refractivity contribution in [3.63, 3.8) is 0 Å². The molecular weight excluding hydrogens is 212 g/mol. The lowest BCUT2D eigenvalue weighted by Crippen LogP contribution is -2.48. The first-order valence-electron chi connectivity index (χ1n) is 5.41. The molecule has 1 heterocycles. The Labute approximate surface area is 94.5 Å². The number of rotatable bonds is 5. The highest BCUT2D eigenvalue weighted by molar-refractivity contribution is 7.99. The van der Waals surface area contributed by atoms with Crippen LogP contribution in [0.25, 0.3) is 0 Å². The van der Waals surface area contributed by atoms with Crippen LogP contribution in [0.5, 0.6) is 0 Å². The Morgan fingerprint density at radius 3 is 3.00 bits per heavy atom. The molecule has 0 aromatic carbocycles. The molecular formula is C10H18N2O2S. The first-order chi connectivity index (χ1) is 7.31. The molecule has 1 saturated heterocycles. The average Bonchev–Trinajstić information content (AvgIpc) is 2.92. The van der Waals surface area contributed by atoms with E-state index in [2.05, 4.69) is 10.6 Å². The molecule has 86 valence electrons. The van der Waals surface area contributed by atoms with Gasteiger partial charge in [0.05, 0.1) is 18.7 Å². The summed E-state index contributed by atoms with van der Waals surface area (Å²) in [6.45, 7) is 0.635. The molecule has 0 bridgehead atoms. The maximum absolute atomic E-state index is 11.8. The third-order valence-electron chi connectivity index (χ3n) is 2.90. The van der Waals surface area contributed by atoms with Crippen LogP contribution in [0, 0.1) is 5.92 Å². The maximum Gasteiger partial charge on any atom is 0.238 e. The number of carbonyl (C=O) groups is 1. The average molecular weight is 230 g/mol. The number of nitrogens with one attached hydrogen (secondary N) is 2. The van der Waals surface area contributed by atoms with Gasteiger partial charge in [-0.3, -0.25) is 10.1 Å². The summed E-state index contributed by atoms with van der Waals surface area (Å²) in [4.78, 5) is 11.8. The molecule has 0 aromatic heterocycles. The van der Waals surface area contributed by atoms with E-state index >= 15 is 0 Å². The lowest BCUT2D eigenvalue weighted by atomic mass is 10.2. The van der Waals surface area contributed by atoms with Crippen molar-refractivity contribution in [1.29, 1.82) is 0 Å². The van der Waals surface area contributed by atoms with Gasteiger partial charge in [-0.15, -0.1) is 11.8 Å². The van der Waals surface area contributed by atoms with E-state index in [1.165, 1.54) is 12.8 Å². The fourth-order valence-electron chi connectivity index (χ4n) is 1.82. The zero-order chi connectivity index (χ0) is 10.7. The molecule has 1 saturated carbocycles. The van der Waals surface area contributed by atoms with E-state index < -0.39 is 0 Å². The molecule has 0 radical (unpaired) electrons. The van der Waals surface area contributed by atoms with Gasteiger partial charge in [0.2, 0.25) is 5.91 Å². The second-order valence-electron chi connectivity index (χ2n) is 4.18. The fourth-order valence-corrected chi connectivity index (χ4v) is 2.76. The van der Waals surface area contributed by atoms with Crippen molar-refractivity contribution in [3.05, 3.63) is 0 Å². The van der Waals surface area contributed by atoms with E-state index in [-0.39, 0.29) is 18.0 Å². The standard InChI is InChI=1S/C10H18N2O2S/c1-14-4-8(7-2-3-7)12-10(13)9-5-15-6-11-9/h7-9,11H,2-6H2,1H3,(H,12,13)/t8?,9-/m1/s1. The molecule has 2 aliphatic rings.